The lowest BCUT2D eigenvalue weighted by Crippen LogP contribution is -2.38. The fourth-order valence-electron chi connectivity index (χ4n) is 1.78. The van der Waals surface area contributed by atoms with Crippen LogP contribution in [0.2, 0.25) is 0 Å². The van der Waals surface area contributed by atoms with Crippen molar-refractivity contribution in [3.8, 4) is 0 Å². The first kappa shape index (κ1) is 17.9. The average molecular weight is 332 g/mol. The van der Waals surface area contributed by atoms with E-state index in [-0.39, 0.29) is 5.75 Å². The quantitative estimate of drug-likeness (QED) is 0.462. The van der Waals surface area contributed by atoms with Gasteiger partial charge in [-0.3, -0.25) is 4.99 Å². The summed E-state index contributed by atoms with van der Waals surface area (Å²) >= 11 is 1.63. The standard InChI is InChI=1S/C13H24N4O2S2/c1-5-14-13(15-7-6-8-21(4,18)19)17(3)9-12-10-20-11(2)16-12/h10H,5-9H2,1-4H3,(H,14,15). The average Bonchev–Trinajstić information content (AvgIpc) is 2.77. The monoisotopic (exact) mass is 332 g/mol. The van der Waals surface area contributed by atoms with Gasteiger partial charge in [-0.2, -0.15) is 0 Å². The predicted molar refractivity (Wildman–Crippen MR) is 88.6 cm³/mol. The summed E-state index contributed by atoms with van der Waals surface area (Å²) in [6, 6.07) is 0. The Morgan fingerprint density at radius 3 is 2.76 bits per heavy atom. The number of rotatable bonds is 7. The number of hydrogen-bond donors (Lipinski definition) is 1. The molecule has 21 heavy (non-hydrogen) atoms. The fourth-order valence-corrected chi connectivity index (χ4v) is 3.04. The van der Waals surface area contributed by atoms with Crippen LogP contribution < -0.4 is 5.32 Å². The van der Waals surface area contributed by atoms with E-state index in [1.165, 1.54) is 6.26 Å². The Labute approximate surface area is 131 Å². The first-order valence-electron chi connectivity index (χ1n) is 6.90. The molecule has 0 spiro atoms. The number of nitrogens with zero attached hydrogens (tertiary/aromatic N) is 3. The molecule has 0 saturated heterocycles. The second kappa shape index (κ2) is 8.33. The molecular formula is C13H24N4O2S2. The summed E-state index contributed by atoms with van der Waals surface area (Å²) in [4.78, 5) is 10.9. The van der Waals surface area contributed by atoms with Crippen LogP contribution in [0.15, 0.2) is 10.4 Å². The maximum atomic E-state index is 11.1. The molecule has 1 N–H and O–H groups in total. The number of aryl methyl sites for hydroxylation is 1. The van der Waals surface area contributed by atoms with Gasteiger partial charge in [-0.15, -0.1) is 11.3 Å². The van der Waals surface area contributed by atoms with Crippen LogP contribution in [0, 0.1) is 6.92 Å². The number of thiazole rings is 1. The number of nitrogens with one attached hydrogen (secondary N) is 1. The topological polar surface area (TPSA) is 74.7 Å². The second-order valence-corrected chi connectivity index (χ2v) is 8.25. The Hall–Kier alpha value is -1.15. The molecule has 0 aliphatic carbocycles. The van der Waals surface area contributed by atoms with E-state index in [4.69, 9.17) is 0 Å². The third-order valence-electron chi connectivity index (χ3n) is 2.70. The van der Waals surface area contributed by atoms with Crippen molar-refractivity contribution in [1.29, 1.82) is 0 Å². The lowest BCUT2D eigenvalue weighted by atomic mass is 10.4. The number of sulfone groups is 1. The molecule has 1 aromatic rings. The molecule has 8 heteroatoms. The number of aromatic nitrogens is 1. The van der Waals surface area contributed by atoms with E-state index in [1.54, 1.807) is 11.3 Å². The van der Waals surface area contributed by atoms with Crippen LogP contribution in [-0.2, 0) is 16.4 Å². The van der Waals surface area contributed by atoms with Gasteiger partial charge in [-0.25, -0.2) is 13.4 Å². The molecule has 0 aliphatic rings. The van der Waals surface area contributed by atoms with Crippen molar-refractivity contribution in [3.63, 3.8) is 0 Å². The Bertz CT molecular complexity index is 566. The van der Waals surface area contributed by atoms with Crippen LogP contribution in [0.25, 0.3) is 0 Å². The highest BCUT2D eigenvalue weighted by atomic mass is 32.2. The van der Waals surface area contributed by atoms with Crippen molar-refractivity contribution in [2.45, 2.75) is 26.8 Å². The largest absolute Gasteiger partial charge is 0.357 e. The van der Waals surface area contributed by atoms with Crippen LogP contribution >= 0.6 is 11.3 Å². The zero-order valence-electron chi connectivity index (χ0n) is 13.1. The molecule has 120 valence electrons. The number of aliphatic imine (C=N–C) groups is 1. The van der Waals surface area contributed by atoms with E-state index in [9.17, 15) is 8.42 Å². The minimum Gasteiger partial charge on any atom is -0.357 e. The molecule has 0 atom stereocenters. The summed E-state index contributed by atoms with van der Waals surface area (Å²) in [6.07, 6.45) is 1.79. The number of guanidine groups is 1. The zero-order chi connectivity index (χ0) is 15.9. The summed E-state index contributed by atoms with van der Waals surface area (Å²) in [5.41, 5.74) is 1.02. The van der Waals surface area contributed by atoms with Crippen molar-refractivity contribution < 1.29 is 8.42 Å². The Balaban J connectivity index is 2.57. The van der Waals surface area contributed by atoms with Crippen molar-refractivity contribution in [3.05, 3.63) is 16.1 Å². The molecule has 0 fully saturated rings. The SMILES string of the molecule is CCNC(=NCCCS(C)(=O)=O)N(C)Cc1csc(C)n1. The first-order chi connectivity index (χ1) is 9.81. The van der Waals surface area contributed by atoms with Crippen molar-refractivity contribution in [1.82, 2.24) is 15.2 Å². The summed E-state index contributed by atoms with van der Waals surface area (Å²) in [5.74, 6) is 0.946. The molecule has 0 aromatic carbocycles. The maximum Gasteiger partial charge on any atom is 0.194 e. The molecule has 0 amide bonds. The predicted octanol–water partition coefficient (Wildman–Crippen LogP) is 1.28. The molecular weight excluding hydrogens is 308 g/mol. The molecule has 1 heterocycles. The summed E-state index contributed by atoms with van der Waals surface area (Å²) in [6.45, 7) is 5.94. The minimum absolute atomic E-state index is 0.172. The maximum absolute atomic E-state index is 11.1. The van der Waals surface area contributed by atoms with E-state index in [2.05, 4.69) is 15.3 Å². The van der Waals surface area contributed by atoms with Crippen LogP contribution in [0.4, 0.5) is 0 Å². The first-order valence-corrected chi connectivity index (χ1v) is 9.84. The van der Waals surface area contributed by atoms with Gasteiger partial charge in [0.15, 0.2) is 5.96 Å². The van der Waals surface area contributed by atoms with Gasteiger partial charge in [0.25, 0.3) is 0 Å². The van der Waals surface area contributed by atoms with Gasteiger partial charge in [-0.1, -0.05) is 0 Å². The third kappa shape index (κ3) is 7.42. The van der Waals surface area contributed by atoms with E-state index in [0.29, 0.717) is 19.5 Å². The molecule has 0 saturated carbocycles. The minimum atomic E-state index is -2.91. The van der Waals surface area contributed by atoms with Crippen LogP contribution in [0.3, 0.4) is 0 Å². The number of hydrogen-bond acceptors (Lipinski definition) is 5. The Kier molecular flexibility index (Phi) is 7.10. The lowest BCUT2D eigenvalue weighted by molar-refractivity contribution is 0.471. The molecule has 0 aliphatic heterocycles. The smallest absolute Gasteiger partial charge is 0.194 e. The zero-order valence-corrected chi connectivity index (χ0v) is 14.7. The second-order valence-electron chi connectivity index (χ2n) is 4.93. The van der Waals surface area contributed by atoms with Gasteiger partial charge in [0, 0.05) is 31.8 Å². The Morgan fingerprint density at radius 2 is 2.24 bits per heavy atom. The van der Waals surface area contributed by atoms with Crippen LogP contribution in [-0.4, -0.2) is 56.4 Å². The molecule has 0 radical (unpaired) electrons. The highest BCUT2D eigenvalue weighted by Gasteiger charge is 2.08. The van der Waals surface area contributed by atoms with E-state index in [0.717, 1.165) is 23.2 Å². The molecule has 1 rings (SSSR count). The lowest BCUT2D eigenvalue weighted by Gasteiger charge is -2.21. The van der Waals surface area contributed by atoms with E-state index < -0.39 is 9.84 Å². The van der Waals surface area contributed by atoms with Crippen molar-refractivity contribution in [2.75, 3.05) is 32.1 Å². The van der Waals surface area contributed by atoms with E-state index >= 15 is 0 Å². The highest BCUT2D eigenvalue weighted by molar-refractivity contribution is 7.90. The van der Waals surface area contributed by atoms with Gasteiger partial charge < -0.3 is 10.2 Å². The van der Waals surface area contributed by atoms with E-state index in [1.807, 2.05) is 31.2 Å². The van der Waals surface area contributed by atoms with Gasteiger partial charge in [0.2, 0.25) is 0 Å². The Morgan fingerprint density at radius 1 is 1.52 bits per heavy atom. The van der Waals surface area contributed by atoms with Crippen molar-refractivity contribution >= 4 is 27.1 Å². The third-order valence-corrected chi connectivity index (χ3v) is 4.55. The van der Waals surface area contributed by atoms with Crippen molar-refractivity contribution in [2.24, 2.45) is 4.99 Å². The van der Waals surface area contributed by atoms with Crippen LogP contribution in [0.5, 0.6) is 0 Å². The molecule has 1 aromatic heterocycles. The summed E-state index contributed by atoms with van der Waals surface area (Å²) in [5, 5.41) is 6.30. The van der Waals surface area contributed by atoms with Gasteiger partial charge in [-0.05, 0) is 20.3 Å². The summed E-state index contributed by atoms with van der Waals surface area (Å²) < 4.78 is 22.2. The van der Waals surface area contributed by atoms with Gasteiger partial charge >= 0.3 is 0 Å². The fraction of sp³-hybridized carbons (Fsp3) is 0.692. The summed E-state index contributed by atoms with van der Waals surface area (Å²) in [7, 11) is -0.961. The van der Waals surface area contributed by atoms with Crippen LogP contribution in [0.1, 0.15) is 24.0 Å². The molecule has 0 unspecified atom stereocenters. The highest BCUT2D eigenvalue weighted by Crippen LogP contribution is 2.09. The van der Waals surface area contributed by atoms with Gasteiger partial charge in [0.1, 0.15) is 9.84 Å². The normalized spacial score (nSPS) is 12.5. The molecule has 0 bridgehead atoms. The van der Waals surface area contributed by atoms with Gasteiger partial charge in [0.05, 0.1) is 23.0 Å². The molecule has 6 nitrogen and oxygen atoms in total.